The summed E-state index contributed by atoms with van der Waals surface area (Å²) in [7, 11) is -5.12. The molecule has 130 valence electrons. The zero-order chi connectivity index (χ0) is 17.6. The number of nitrogen functional groups attached to an aromatic ring is 1. The fourth-order valence-electron chi connectivity index (χ4n) is 2.34. The van der Waals surface area contributed by atoms with Gasteiger partial charge >= 0.3 is 7.60 Å². The van der Waals surface area contributed by atoms with Crippen LogP contribution in [0.2, 0.25) is 0 Å². The Labute approximate surface area is 133 Å². The Bertz CT molecular complexity index is 853. The first-order valence-corrected chi connectivity index (χ1v) is 8.19. The molecule has 0 radical (unpaired) electrons. The molecule has 0 aromatic carbocycles. The summed E-state index contributed by atoms with van der Waals surface area (Å²) in [6.45, 7) is 0. The summed E-state index contributed by atoms with van der Waals surface area (Å²) in [6.07, 6.45) is -3.01. The molecule has 1 aliphatic rings. The molecule has 1 fully saturated rings. The highest BCUT2D eigenvalue weighted by molar-refractivity contribution is 7.56. The number of halogens is 1. The molecule has 6 N–H and O–H groups in total. The molecule has 0 saturated carbocycles. The van der Waals surface area contributed by atoms with Crippen LogP contribution in [0, 0.1) is 0 Å². The first-order valence-electron chi connectivity index (χ1n) is 6.58. The van der Waals surface area contributed by atoms with Crippen molar-refractivity contribution >= 4 is 24.6 Å². The monoisotopic (exact) mass is 361 g/mol. The van der Waals surface area contributed by atoms with Crippen molar-refractivity contribution in [2.24, 2.45) is 0 Å². The van der Waals surface area contributed by atoms with Gasteiger partial charge in [-0.25, -0.2) is 15.0 Å². The van der Waals surface area contributed by atoms with E-state index in [-0.39, 0.29) is 17.0 Å². The maximum Gasteiger partial charge on any atom is 0.384 e. The average molecular weight is 361 g/mol. The van der Waals surface area contributed by atoms with Gasteiger partial charge < -0.3 is 30.5 Å². The van der Waals surface area contributed by atoms with Crippen LogP contribution < -0.4 is 5.73 Å². The van der Waals surface area contributed by atoms with Crippen LogP contribution in [0.25, 0.3) is 11.2 Å². The highest BCUT2D eigenvalue weighted by atomic mass is 31.2. The highest BCUT2D eigenvalue weighted by Crippen LogP contribution is 2.46. The molecule has 1 saturated heterocycles. The third-order valence-corrected chi connectivity index (χ3v) is 4.22. The maximum atomic E-state index is 13.4. The van der Waals surface area contributed by atoms with Gasteiger partial charge in [-0.1, -0.05) is 0 Å². The van der Waals surface area contributed by atoms with Crippen molar-refractivity contribution in [3.8, 4) is 0 Å². The van der Waals surface area contributed by atoms with Gasteiger partial charge in [-0.2, -0.15) is 4.39 Å². The second kappa shape index (κ2) is 5.84. The van der Waals surface area contributed by atoms with Crippen LogP contribution in [0.4, 0.5) is 10.2 Å². The number of hydrogen-bond donors (Lipinski definition) is 5. The van der Waals surface area contributed by atoms with E-state index in [2.05, 4.69) is 15.0 Å². The standard InChI is InChI=1S/C11H13FN5O6P/c12-5(24(20,21)22)1-4-7(18)8(19)11(23-4)17-3-16-6-9(13)14-2-15-10(6)17/h1-4,7-8,11,18-19H,(H2,13,14,15)(H2,20,21,22)/b5-1+/t4-,7-,8-,11-/m1/s1. The molecular formula is C11H13FN5O6P. The van der Waals surface area contributed by atoms with Crippen molar-refractivity contribution in [3.63, 3.8) is 0 Å². The number of nitrogens with two attached hydrogens (primary N) is 1. The Morgan fingerprint density at radius 2 is 2.04 bits per heavy atom. The van der Waals surface area contributed by atoms with Gasteiger partial charge in [0, 0.05) is 0 Å². The third-order valence-electron chi connectivity index (χ3n) is 3.52. The number of anilines is 1. The van der Waals surface area contributed by atoms with E-state index in [1.54, 1.807) is 0 Å². The molecule has 1 aliphatic heterocycles. The molecule has 2 aromatic rings. The number of aromatic nitrogens is 4. The minimum absolute atomic E-state index is 0.0933. The van der Waals surface area contributed by atoms with Crippen molar-refractivity contribution in [2.45, 2.75) is 24.5 Å². The molecule has 0 unspecified atom stereocenters. The molecule has 13 heteroatoms. The van der Waals surface area contributed by atoms with Gasteiger partial charge in [0.2, 0.25) is 5.57 Å². The number of imidazole rings is 1. The highest BCUT2D eigenvalue weighted by Gasteiger charge is 2.44. The second-order valence-electron chi connectivity index (χ2n) is 5.09. The van der Waals surface area contributed by atoms with Crippen molar-refractivity contribution in [3.05, 3.63) is 24.3 Å². The lowest BCUT2D eigenvalue weighted by Crippen LogP contribution is -2.30. The normalized spacial score (nSPS) is 28.6. The zero-order valence-corrected chi connectivity index (χ0v) is 12.7. The Kier molecular flexibility index (Phi) is 4.11. The maximum absolute atomic E-state index is 13.4. The topological polar surface area (TPSA) is 177 Å². The van der Waals surface area contributed by atoms with Gasteiger partial charge in [0.15, 0.2) is 17.7 Å². The van der Waals surface area contributed by atoms with Crippen LogP contribution >= 0.6 is 7.60 Å². The molecular weight excluding hydrogens is 348 g/mol. The molecule has 3 heterocycles. The van der Waals surface area contributed by atoms with Gasteiger partial charge in [-0.05, 0) is 6.08 Å². The van der Waals surface area contributed by atoms with Crippen molar-refractivity contribution < 1.29 is 33.7 Å². The van der Waals surface area contributed by atoms with Crippen molar-refractivity contribution in [1.82, 2.24) is 19.5 Å². The summed E-state index contributed by atoms with van der Waals surface area (Å²) in [5.74, 6) is 0.0933. The Morgan fingerprint density at radius 1 is 1.33 bits per heavy atom. The summed E-state index contributed by atoms with van der Waals surface area (Å²) in [5.41, 5.74) is 4.33. The fourth-order valence-corrected chi connectivity index (χ4v) is 2.68. The predicted molar refractivity (Wildman–Crippen MR) is 76.9 cm³/mol. The van der Waals surface area contributed by atoms with Crippen LogP contribution in [0.5, 0.6) is 0 Å². The van der Waals surface area contributed by atoms with Crippen LogP contribution in [-0.4, -0.2) is 57.8 Å². The largest absolute Gasteiger partial charge is 0.387 e. The summed E-state index contributed by atoms with van der Waals surface area (Å²) in [5, 5.41) is 20.0. The lowest BCUT2D eigenvalue weighted by molar-refractivity contribution is -0.0246. The van der Waals surface area contributed by atoms with Gasteiger partial charge in [0.1, 0.15) is 30.2 Å². The van der Waals surface area contributed by atoms with Gasteiger partial charge in [0.25, 0.3) is 0 Å². The first-order chi connectivity index (χ1) is 11.2. The minimum Gasteiger partial charge on any atom is -0.387 e. The third kappa shape index (κ3) is 2.79. The van der Waals surface area contributed by atoms with Gasteiger partial charge in [0.05, 0.1) is 6.33 Å². The zero-order valence-electron chi connectivity index (χ0n) is 11.8. The predicted octanol–water partition coefficient (Wildman–Crippen LogP) is -0.984. The lowest BCUT2D eigenvalue weighted by atomic mass is 10.1. The molecule has 11 nitrogen and oxygen atoms in total. The Morgan fingerprint density at radius 3 is 2.71 bits per heavy atom. The Balaban J connectivity index is 1.95. The average Bonchev–Trinajstić information content (AvgIpc) is 3.04. The number of hydrogen-bond acceptors (Lipinski definition) is 8. The molecule has 0 aliphatic carbocycles. The van der Waals surface area contributed by atoms with Crippen LogP contribution in [-0.2, 0) is 9.30 Å². The number of aliphatic hydroxyl groups is 2. The van der Waals surface area contributed by atoms with Crippen molar-refractivity contribution in [1.29, 1.82) is 0 Å². The molecule has 24 heavy (non-hydrogen) atoms. The number of aliphatic hydroxyl groups excluding tert-OH is 2. The first kappa shape index (κ1) is 16.9. The quantitative estimate of drug-likeness (QED) is 0.427. The van der Waals surface area contributed by atoms with E-state index in [0.29, 0.717) is 6.08 Å². The molecule has 0 bridgehead atoms. The van der Waals surface area contributed by atoms with E-state index in [0.717, 1.165) is 0 Å². The number of ether oxygens (including phenoxy) is 1. The minimum atomic E-state index is -5.12. The van der Waals surface area contributed by atoms with E-state index in [1.807, 2.05) is 0 Å². The van der Waals surface area contributed by atoms with E-state index < -0.39 is 37.7 Å². The summed E-state index contributed by atoms with van der Waals surface area (Å²) < 4.78 is 30.8. The van der Waals surface area contributed by atoms with Crippen LogP contribution in [0.3, 0.4) is 0 Å². The summed E-state index contributed by atoms with van der Waals surface area (Å²) in [6, 6.07) is 0. The SMILES string of the molecule is Nc1ncnc2c1ncn2[C@@H]1O[C@H](/C=C(\F)P(=O)(O)O)[C@@H](O)[C@H]1O. The smallest absolute Gasteiger partial charge is 0.384 e. The number of nitrogens with zero attached hydrogens (tertiary/aromatic N) is 4. The molecule has 3 rings (SSSR count). The van der Waals surface area contributed by atoms with Gasteiger partial charge in [-0.3, -0.25) is 9.13 Å². The second-order valence-corrected chi connectivity index (χ2v) is 6.60. The number of rotatable bonds is 3. The molecule has 4 atom stereocenters. The lowest BCUT2D eigenvalue weighted by Gasteiger charge is -2.16. The van der Waals surface area contributed by atoms with Crippen molar-refractivity contribution in [2.75, 3.05) is 5.73 Å². The van der Waals surface area contributed by atoms with Gasteiger partial charge in [-0.15, -0.1) is 0 Å². The summed E-state index contributed by atoms with van der Waals surface area (Å²) in [4.78, 5) is 29.2. The molecule has 0 amide bonds. The number of fused-ring (bicyclic) bond motifs is 1. The van der Waals surface area contributed by atoms with E-state index in [9.17, 15) is 19.2 Å². The molecule has 0 spiro atoms. The van der Waals surface area contributed by atoms with Crippen LogP contribution in [0.15, 0.2) is 24.3 Å². The van der Waals surface area contributed by atoms with Crippen LogP contribution in [0.1, 0.15) is 6.23 Å². The van der Waals surface area contributed by atoms with E-state index >= 15 is 0 Å². The fraction of sp³-hybridized carbons (Fsp3) is 0.364. The van der Waals surface area contributed by atoms with E-state index in [1.165, 1.54) is 17.2 Å². The Hall–Kier alpha value is -1.95. The molecule has 2 aromatic heterocycles. The van der Waals surface area contributed by atoms with E-state index in [4.69, 9.17) is 20.3 Å². The summed E-state index contributed by atoms with van der Waals surface area (Å²) >= 11 is 0.